The van der Waals surface area contributed by atoms with Gasteiger partial charge in [0.05, 0.1) is 13.1 Å². The van der Waals surface area contributed by atoms with Crippen LogP contribution in [0.5, 0.6) is 5.75 Å². The van der Waals surface area contributed by atoms with Gasteiger partial charge in [-0.15, -0.1) is 11.3 Å². The number of nitrogens with one attached hydrogen (secondary N) is 1. The molecular weight excluding hydrogens is 360 g/mol. The third-order valence-corrected chi connectivity index (χ3v) is 5.59. The number of fused-ring (bicyclic) bond motifs is 1. The molecule has 0 bridgehead atoms. The minimum Gasteiger partial charge on any atom is -0.492 e. The highest BCUT2D eigenvalue weighted by atomic mass is 32.1. The average molecular weight is 387 g/mol. The van der Waals surface area contributed by atoms with E-state index in [0.717, 1.165) is 18.7 Å². The van der Waals surface area contributed by atoms with Crippen molar-refractivity contribution in [1.29, 1.82) is 0 Å². The van der Waals surface area contributed by atoms with Crippen LogP contribution in [-0.2, 0) is 17.8 Å². The molecule has 0 unspecified atom stereocenters. The van der Waals surface area contributed by atoms with Gasteiger partial charge >= 0.3 is 0 Å². The molecule has 0 fully saturated rings. The topological polar surface area (TPSA) is 57.2 Å². The highest BCUT2D eigenvalue weighted by molar-refractivity contribution is 7.10. The standard InChI is InChI=1S/C20H26N4O2S/c1-21-20(23(2)11-12-26-17-6-4-3-5-7-17)22-14-19(25)24-10-8-18-16(15-24)9-13-27-18/h3-7,9,13H,8,10-12,14-15H2,1-2H3,(H,21,22). The molecule has 0 saturated carbocycles. The highest BCUT2D eigenvalue weighted by Gasteiger charge is 2.21. The van der Waals surface area contributed by atoms with Gasteiger partial charge in [-0.25, -0.2) is 0 Å². The Kier molecular flexibility index (Phi) is 6.70. The first-order valence-electron chi connectivity index (χ1n) is 9.10. The normalized spacial score (nSPS) is 13.9. The molecular formula is C20H26N4O2S. The van der Waals surface area contributed by atoms with Crippen molar-refractivity contribution in [2.45, 2.75) is 13.0 Å². The summed E-state index contributed by atoms with van der Waals surface area (Å²) in [6, 6.07) is 11.8. The van der Waals surface area contributed by atoms with Crippen LogP contribution in [0.2, 0.25) is 0 Å². The maximum Gasteiger partial charge on any atom is 0.242 e. The van der Waals surface area contributed by atoms with Gasteiger partial charge in [-0.1, -0.05) is 18.2 Å². The van der Waals surface area contributed by atoms with Crippen LogP contribution in [0.1, 0.15) is 10.4 Å². The Hall–Kier alpha value is -2.54. The van der Waals surface area contributed by atoms with E-state index in [4.69, 9.17) is 4.74 Å². The lowest BCUT2D eigenvalue weighted by Crippen LogP contribution is -2.47. The molecule has 27 heavy (non-hydrogen) atoms. The minimum atomic E-state index is 0.0990. The molecule has 3 rings (SSSR count). The van der Waals surface area contributed by atoms with Gasteiger partial charge < -0.3 is 19.9 Å². The van der Waals surface area contributed by atoms with E-state index in [-0.39, 0.29) is 12.5 Å². The molecule has 1 N–H and O–H groups in total. The molecule has 6 nitrogen and oxygen atoms in total. The van der Waals surface area contributed by atoms with Crippen molar-refractivity contribution in [3.63, 3.8) is 0 Å². The lowest BCUT2D eigenvalue weighted by Gasteiger charge is -2.28. The number of rotatable bonds is 6. The molecule has 2 aromatic rings. The van der Waals surface area contributed by atoms with Crippen molar-refractivity contribution in [2.24, 2.45) is 4.99 Å². The summed E-state index contributed by atoms with van der Waals surface area (Å²) in [5, 5.41) is 5.27. The van der Waals surface area contributed by atoms with Crippen LogP contribution >= 0.6 is 11.3 Å². The lowest BCUT2D eigenvalue weighted by molar-refractivity contribution is -0.130. The second kappa shape index (κ2) is 9.41. The van der Waals surface area contributed by atoms with Crippen molar-refractivity contribution < 1.29 is 9.53 Å². The first kappa shape index (κ1) is 19.2. The number of carbonyl (C=O) groups excluding carboxylic acids is 1. The van der Waals surface area contributed by atoms with Crippen LogP contribution in [0.25, 0.3) is 0 Å². The van der Waals surface area contributed by atoms with E-state index in [9.17, 15) is 4.79 Å². The second-order valence-corrected chi connectivity index (χ2v) is 7.42. The van der Waals surface area contributed by atoms with Gasteiger partial charge in [0.15, 0.2) is 5.96 Å². The molecule has 1 aliphatic rings. The zero-order valence-electron chi connectivity index (χ0n) is 15.9. The Morgan fingerprint density at radius 2 is 2.15 bits per heavy atom. The number of ether oxygens (including phenoxy) is 1. The van der Waals surface area contributed by atoms with Crippen LogP contribution < -0.4 is 10.1 Å². The number of carbonyl (C=O) groups is 1. The summed E-state index contributed by atoms with van der Waals surface area (Å²) in [6.45, 7) is 2.95. The van der Waals surface area contributed by atoms with E-state index >= 15 is 0 Å². The summed E-state index contributed by atoms with van der Waals surface area (Å²) >= 11 is 1.78. The zero-order valence-corrected chi connectivity index (χ0v) is 16.7. The van der Waals surface area contributed by atoms with E-state index in [1.54, 1.807) is 18.4 Å². The first-order chi connectivity index (χ1) is 13.2. The van der Waals surface area contributed by atoms with E-state index in [1.165, 1.54) is 10.4 Å². The summed E-state index contributed by atoms with van der Waals surface area (Å²) < 4.78 is 5.72. The van der Waals surface area contributed by atoms with Crippen LogP contribution in [0, 0.1) is 0 Å². The molecule has 1 amide bonds. The molecule has 7 heteroatoms. The number of guanidine groups is 1. The molecule has 144 valence electrons. The SMILES string of the molecule is CN=C(NCC(=O)N1CCc2sccc2C1)N(C)CCOc1ccccc1. The molecule has 1 aromatic heterocycles. The number of nitrogens with zero attached hydrogens (tertiary/aromatic N) is 3. The zero-order chi connectivity index (χ0) is 19.1. The van der Waals surface area contributed by atoms with Gasteiger partial charge in [0.1, 0.15) is 12.4 Å². The number of benzene rings is 1. The maximum atomic E-state index is 12.5. The first-order valence-corrected chi connectivity index (χ1v) is 9.98. The fourth-order valence-corrected chi connectivity index (χ4v) is 3.93. The Morgan fingerprint density at radius 1 is 1.33 bits per heavy atom. The Balaban J connectivity index is 1.42. The van der Waals surface area contributed by atoms with Crippen molar-refractivity contribution in [2.75, 3.05) is 40.3 Å². The fourth-order valence-electron chi connectivity index (χ4n) is 3.04. The van der Waals surface area contributed by atoms with E-state index in [1.807, 2.05) is 47.2 Å². The van der Waals surface area contributed by atoms with Crippen LogP contribution in [-0.4, -0.2) is 62.0 Å². The van der Waals surface area contributed by atoms with Crippen molar-refractivity contribution in [3.8, 4) is 5.75 Å². The molecule has 0 atom stereocenters. The Labute approximate surface area is 164 Å². The Bertz CT molecular complexity index is 775. The molecule has 1 aliphatic heterocycles. The van der Waals surface area contributed by atoms with Gasteiger partial charge in [0.25, 0.3) is 0 Å². The number of para-hydroxylation sites is 1. The third-order valence-electron chi connectivity index (χ3n) is 4.57. The number of thiophene rings is 1. The van der Waals surface area contributed by atoms with E-state index in [2.05, 4.69) is 21.8 Å². The highest BCUT2D eigenvalue weighted by Crippen LogP contribution is 2.23. The quantitative estimate of drug-likeness (QED) is 0.611. The second-order valence-electron chi connectivity index (χ2n) is 6.42. The van der Waals surface area contributed by atoms with E-state index in [0.29, 0.717) is 25.7 Å². The summed E-state index contributed by atoms with van der Waals surface area (Å²) in [7, 11) is 3.66. The maximum absolute atomic E-state index is 12.5. The van der Waals surface area contributed by atoms with Crippen molar-refractivity contribution in [1.82, 2.24) is 15.1 Å². The minimum absolute atomic E-state index is 0.0990. The Morgan fingerprint density at radius 3 is 2.93 bits per heavy atom. The number of hydrogen-bond acceptors (Lipinski definition) is 4. The van der Waals surface area contributed by atoms with Gasteiger partial charge in [0.2, 0.25) is 5.91 Å². The number of amides is 1. The van der Waals surface area contributed by atoms with Crippen molar-refractivity contribution >= 4 is 23.2 Å². The van der Waals surface area contributed by atoms with Gasteiger partial charge in [-0.2, -0.15) is 0 Å². The monoisotopic (exact) mass is 386 g/mol. The van der Waals surface area contributed by atoms with Crippen LogP contribution in [0.4, 0.5) is 0 Å². The van der Waals surface area contributed by atoms with Gasteiger partial charge in [0, 0.05) is 32.1 Å². The van der Waals surface area contributed by atoms with Crippen LogP contribution in [0.15, 0.2) is 46.8 Å². The molecule has 0 saturated heterocycles. The van der Waals surface area contributed by atoms with Gasteiger partial charge in [-0.05, 0) is 35.6 Å². The van der Waals surface area contributed by atoms with E-state index < -0.39 is 0 Å². The summed E-state index contributed by atoms with van der Waals surface area (Å²) in [5.74, 6) is 1.64. The fraction of sp³-hybridized carbons (Fsp3) is 0.400. The largest absolute Gasteiger partial charge is 0.492 e. The molecule has 0 radical (unpaired) electrons. The number of aliphatic imine (C=N–C) groups is 1. The molecule has 0 aliphatic carbocycles. The molecule has 1 aromatic carbocycles. The van der Waals surface area contributed by atoms with Crippen LogP contribution in [0.3, 0.4) is 0 Å². The van der Waals surface area contributed by atoms with Gasteiger partial charge in [-0.3, -0.25) is 9.79 Å². The average Bonchev–Trinajstić information content (AvgIpc) is 3.17. The number of likely N-dealkylation sites (N-methyl/N-ethyl adjacent to an activating group) is 1. The summed E-state index contributed by atoms with van der Waals surface area (Å²) in [5.41, 5.74) is 1.28. The van der Waals surface area contributed by atoms with Crippen molar-refractivity contribution in [3.05, 3.63) is 52.2 Å². The predicted octanol–water partition coefficient (Wildman–Crippen LogP) is 2.22. The summed E-state index contributed by atoms with van der Waals surface area (Å²) in [6.07, 6.45) is 0.949. The number of hydrogen-bond donors (Lipinski definition) is 1. The summed E-state index contributed by atoms with van der Waals surface area (Å²) in [4.78, 5) is 22.1. The molecule has 0 spiro atoms. The predicted molar refractivity (Wildman–Crippen MR) is 109 cm³/mol. The lowest BCUT2D eigenvalue weighted by atomic mass is 10.1. The molecule has 2 heterocycles. The smallest absolute Gasteiger partial charge is 0.242 e. The third kappa shape index (κ3) is 5.23.